The fraction of sp³-hybridized carbons (Fsp3) is 0.569. The second-order valence-corrected chi connectivity index (χ2v) is 22.0. The summed E-state index contributed by atoms with van der Waals surface area (Å²) < 4.78 is 5.64. The molecule has 67 heavy (non-hydrogen) atoms. The maximum absolute atomic E-state index is 15.8. The molecule has 9 heteroatoms. The van der Waals surface area contributed by atoms with Crippen molar-refractivity contribution in [2.24, 2.45) is 58.2 Å². The molecule has 354 valence electrons. The highest BCUT2D eigenvalue weighted by Gasteiger charge is 2.77. The minimum Gasteiger partial charge on any atom is -0.504 e. The average molecular weight is 908 g/mol. The molecule has 7 aliphatic carbocycles. The van der Waals surface area contributed by atoms with E-state index in [0.717, 1.165) is 74.5 Å². The van der Waals surface area contributed by atoms with Crippen LogP contribution in [0.3, 0.4) is 0 Å². The lowest BCUT2D eigenvalue weighted by Gasteiger charge is -2.76. The van der Waals surface area contributed by atoms with Gasteiger partial charge in [0, 0.05) is 72.0 Å². The van der Waals surface area contributed by atoms with Crippen molar-refractivity contribution in [3.8, 4) is 34.8 Å². The van der Waals surface area contributed by atoms with Gasteiger partial charge in [0.15, 0.2) is 23.0 Å². The molecule has 1 aliphatic heterocycles. The first-order chi connectivity index (χ1) is 32.5. The summed E-state index contributed by atoms with van der Waals surface area (Å²) in [6.45, 7) is 2.44. The van der Waals surface area contributed by atoms with Gasteiger partial charge in [0.05, 0.1) is 19.8 Å². The van der Waals surface area contributed by atoms with Gasteiger partial charge >= 0.3 is 0 Å². The number of aromatic hydroxyl groups is 3. The predicted octanol–water partition coefficient (Wildman–Crippen LogP) is 8.73. The Labute approximate surface area is 395 Å². The molecule has 4 fully saturated rings. The van der Waals surface area contributed by atoms with Crippen molar-refractivity contribution < 1.29 is 40.2 Å². The number of unbranched alkanes of at least 4 members (excludes halogenated alkanes) is 2. The molecule has 3 aromatic rings. The molecule has 11 rings (SSSR count). The molecule has 1 heterocycles. The first kappa shape index (κ1) is 44.9. The Morgan fingerprint density at radius 3 is 2.51 bits per heavy atom. The molecule has 0 amide bonds. The number of phenols is 3. The standard InChI is InChI=1S/C58H69NO8/c1-3-4-6-13-40-47(62)25-41(42-27-51(67-2)50(65)22-37(42)31-61)35(21-33-10-7-5-8-11-33)14-15-36-30-59-53-24-39-17-16-34(18-20-60)44-23-38-12-9-19-56(38)32-57(39,44)52-29-45(56)43-26-48(63)49(64)28-46(43)58(52,53)54(36)55(40)66/h5,7-8,10-11,16-17,22-23,26-28,34-36,38-41,45,52-55,59-61,63-66H,3-4,6,9,12-13,18-21,24-25,29-32H2,1-2H3/t34-,35-,36+,38+,39+,40-,41+,45+,52+,53-,54+,55+,56+,57+,58-/m1/s1. The first-order valence-corrected chi connectivity index (χ1v) is 25.6. The summed E-state index contributed by atoms with van der Waals surface area (Å²) in [5.41, 5.74) is 4.87. The van der Waals surface area contributed by atoms with Crippen molar-refractivity contribution in [3.05, 3.63) is 106 Å². The van der Waals surface area contributed by atoms with Crippen molar-refractivity contribution in [1.29, 1.82) is 0 Å². The topological polar surface area (TPSA) is 160 Å². The minimum absolute atomic E-state index is 0.00128. The van der Waals surface area contributed by atoms with Gasteiger partial charge in [0.25, 0.3) is 0 Å². The van der Waals surface area contributed by atoms with E-state index in [1.807, 2.05) is 30.3 Å². The lowest BCUT2D eigenvalue weighted by molar-refractivity contribution is -0.180. The fourth-order valence-corrected chi connectivity index (χ4v) is 17.0. The first-order valence-electron chi connectivity index (χ1n) is 25.6. The Bertz CT molecular complexity index is 2540. The Kier molecular flexibility index (Phi) is 11.5. The van der Waals surface area contributed by atoms with Crippen LogP contribution in [0.25, 0.3) is 0 Å². The number of hydrogen-bond donors (Lipinski definition) is 7. The van der Waals surface area contributed by atoms with E-state index < -0.39 is 29.3 Å². The number of aliphatic hydroxyl groups is 3. The predicted molar refractivity (Wildman–Crippen MR) is 256 cm³/mol. The molecule has 3 spiro atoms. The maximum atomic E-state index is 15.8. The number of ketones is 1. The van der Waals surface area contributed by atoms with Gasteiger partial charge in [0.1, 0.15) is 5.78 Å². The van der Waals surface area contributed by atoms with E-state index in [1.165, 1.54) is 18.7 Å². The van der Waals surface area contributed by atoms with E-state index >= 15 is 4.79 Å². The second kappa shape index (κ2) is 17.1. The number of allylic oxidation sites excluding steroid dienone is 4. The van der Waals surface area contributed by atoms with Gasteiger partial charge in [-0.3, -0.25) is 4.79 Å². The van der Waals surface area contributed by atoms with Gasteiger partial charge in [-0.05, 0) is 133 Å². The van der Waals surface area contributed by atoms with Crippen LogP contribution in [0.5, 0.6) is 23.0 Å². The largest absolute Gasteiger partial charge is 0.504 e. The lowest BCUT2D eigenvalue weighted by atomic mass is 9.28. The molecule has 8 aliphatic rings. The molecule has 1 saturated heterocycles. The zero-order valence-corrected chi connectivity index (χ0v) is 39.2. The third-order valence-electron chi connectivity index (χ3n) is 19.5. The Morgan fingerprint density at radius 2 is 1.73 bits per heavy atom. The summed E-state index contributed by atoms with van der Waals surface area (Å²) in [5.74, 6) is 6.11. The van der Waals surface area contributed by atoms with Crippen LogP contribution in [0.1, 0.15) is 124 Å². The number of ether oxygens (including phenoxy) is 1. The van der Waals surface area contributed by atoms with Crippen LogP contribution in [0, 0.1) is 70.0 Å². The summed E-state index contributed by atoms with van der Waals surface area (Å²) in [6.07, 6.45) is 17.1. The minimum atomic E-state index is -1.07. The Balaban J connectivity index is 1.16. The normalized spacial score (nSPS) is 38.6. The SMILES string of the molecule is CCCCC[C@@H]1C(=O)C[C@H](c2cc(OC)c(O)cc2CO)[C@@H](Cc2ccccc2)C#C[C@H]2CN[C@@H]3C[C@@H]4C=C[C@H](CCO)C5=C[C@@H]6CCC[C@]67C[C@@]54[C@@H]4C[C@H]7c5cc(O)c(O)cc5[C@]34[C@@H]2[C@H]1O. The highest BCUT2D eigenvalue weighted by Crippen LogP contribution is 2.81. The highest BCUT2D eigenvalue weighted by atomic mass is 16.5. The number of carbonyl (C=O) groups excluding carboxylic acids is 1. The lowest BCUT2D eigenvalue weighted by Crippen LogP contribution is -2.77. The fourth-order valence-electron chi connectivity index (χ4n) is 17.0. The van der Waals surface area contributed by atoms with E-state index in [9.17, 15) is 30.6 Å². The van der Waals surface area contributed by atoms with Crippen molar-refractivity contribution in [2.45, 2.75) is 126 Å². The smallest absolute Gasteiger partial charge is 0.160 e. The maximum Gasteiger partial charge on any atom is 0.160 e. The zero-order chi connectivity index (χ0) is 46.4. The number of carbonyl (C=O) groups is 1. The summed E-state index contributed by atoms with van der Waals surface area (Å²) in [5, 5.41) is 73.5. The number of rotatable bonds is 11. The summed E-state index contributed by atoms with van der Waals surface area (Å²) in [6, 6.07) is 17.1. The molecule has 0 aromatic heterocycles. The third-order valence-corrected chi connectivity index (χ3v) is 19.5. The number of benzene rings is 3. The number of phenolic OH excluding ortho intramolecular Hbond substituents is 3. The van der Waals surface area contributed by atoms with Crippen molar-refractivity contribution in [3.63, 3.8) is 0 Å². The van der Waals surface area contributed by atoms with Gasteiger partial charge in [-0.15, -0.1) is 0 Å². The van der Waals surface area contributed by atoms with E-state index in [0.29, 0.717) is 42.9 Å². The van der Waals surface area contributed by atoms with E-state index in [-0.39, 0.29) is 101 Å². The quantitative estimate of drug-likeness (QED) is 0.0433. The summed E-state index contributed by atoms with van der Waals surface area (Å²) in [7, 11) is 1.50. The Morgan fingerprint density at radius 1 is 0.910 bits per heavy atom. The van der Waals surface area contributed by atoms with Crippen LogP contribution in [-0.2, 0) is 23.2 Å². The third kappa shape index (κ3) is 6.59. The summed E-state index contributed by atoms with van der Waals surface area (Å²) in [4.78, 5) is 15.8. The molecule has 3 aromatic carbocycles. The van der Waals surface area contributed by atoms with Crippen molar-refractivity contribution in [2.75, 3.05) is 20.3 Å². The van der Waals surface area contributed by atoms with Gasteiger partial charge in [-0.2, -0.15) is 0 Å². The van der Waals surface area contributed by atoms with E-state index in [2.05, 4.69) is 54.4 Å². The van der Waals surface area contributed by atoms with Gasteiger partial charge in [0.2, 0.25) is 0 Å². The number of methoxy groups -OCH3 is 1. The van der Waals surface area contributed by atoms with Crippen LogP contribution < -0.4 is 10.1 Å². The molecular weight excluding hydrogens is 839 g/mol. The number of fused-ring (bicyclic) bond motifs is 4. The molecule has 4 bridgehead atoms. The van der Waals surface area contributed by atoms with E-state index in [1.54, 1.807) is 6.07 Å². The highest BCUT2D eigenvalue weighted by molar-refractivity contribution is 5.83. The number of hydrogen-bond acceptors (Lipinski definition) is 9. The molecule has 3 saturated carbocycles. The number of aliphatic hydroxyl groups excluding tert-OH is 3. The molecule has 15 atom stereocenters. The Hall–Kier alpha value is -4.59. The summed E-state index contributed by atoms with van der Waals surface area (Å²) >= 11 is 0. The molecule has 0 unspecified atom stereocenters. The van der Waals surface area contributed by atoms with Crippen LogP contribution in [-0.4, -0.2) is 68.8 Å². The van der Waals surface area contributed by atoms with Crippen molar-refractivity contribution >= 4 is 5.78 Å². The van der Waals surface area contributed by atoms with Crippen LogP contribution in [0.2, 0.25) is 0 Å². The monoisotopic (exact) mass is 908 g/mol. The average Bonchev–Trinajstić information content (AvgIpc) is 3.74. The van der Waals surface area contributed by atoms with Crippen LogP contribution >= 0.6 is 0 Å². The molecule has 9 nitrogen and oxygen atoms in total. The van der Waals surface area contributed by atoms with Gasteiger partial charge in [-0.25, -0.2) is 0 Å². The number of Topliss-reactive ketones (excluding diaryl/α,β-unsaturated/α-hetero) is 1. The zero-order valence-electron chi connectivity index (χ0n) is 39.2. The number of piperidine rings is 1. The number of nitrogens with one attached hydrogen (secondary N) is 1. The van der Waals surface area contributed by atoms with Crippen LogP contribution in [0.4, 0.5) is 0 Å². The molecule has 0 radical (unpaired) electrons. The van der Waals surface area contributed by atoms with Gasteiger partial charge < -0.3 is 40.7 Å². The van der Waals surface area contributed by atoms with Crippen molar-refractivity contribution in [1.82, 2.24) is 5.32 Å². The molecular formula is C58H69NO8. The van der Waals surface area contributed by atoms with Gasteiger partial charge in [-0.1, -0.05) is 98.6 Å². The molecule has 7 N–H and O–H groups in total. The second-order valence-electron chi connectivity index (χ2n) is 22.0. The van der Waals surface area contributed by atoms with Crippen LogP contribution in [0.15, 0.2) is 78.4 Å². The van der Waals surface area contributed by atoms with E-state index in [4.69, 9.17) is 4.74 Å².